The molecular formula is C19H19ClFN7O. The minimum Gasteiger partial charge on any atom is -0.353 e. The summed E-state index contributed by atoms with van der Waals surface area (Å²) >= 11 is 5.77. The largest absolute Gasteiger partial charge is 0.353 e. The summed E-state index contributed by atoms with van der Waals surface area (Å²) in [4.78, 5) is 25.3. The Morgan fingerprint density at radius 2 is 1.90 bits per heavy atom. The van der Waals surface area contributed by atoms with Gasteiger partial charge in [0.05, 0.1) is 5.02 Å². The molecule has 0 radical (unpaired) electrons. The third kappa shape index (κ3) is 4.29. The van der Waals surface area contributed by atoms with Crippen LogP contribution in [0.4, 0.5) is 20.7 Å². The van der Waals surface area contributed by atoms with Crippen LogP contribution in [0.3, 0.4) is 0 Å². The minimum atomic E-state index is -0.520. The zero-order valence-corrected chi connectivity index (χ0v) is 16.5. The van der Waals surface area contributed by atoms with Gasteiger partial charge in [0.15, 0.2) is 5.82 Å². The second-order valence-electron chi connectivity index (χ2n) is 6.62. The van der Waals surface area contributed by atoms with Gasteiger partial charge in [-0.25, -0.2) is 23.8 Å². The predicted molar refractivity (Wildman–Crippen MR) is 108 cm³/mol. The number of anilines is 2. The lowest BCUT2D eigenvalue weighted by atomic mass is 10.3. The second kappa shape index (κ2) is 8.04. The number of nitrogens with zero attached hydrogens (tertiary/aromatic N) is 6. The normalized spacial score (nSPS) is 14.2. The Labute approximate surface area is 171 Å². The van der Waals surface area contributed by atoms with Crippen molar-refractivity contribution in [3.8, 4) is 5.82 Å². The zero-order chi connectivity index (χ0) is 20.4. The number of aromatic nitrogens is 4. The minimum absolute atomic E-state index is 0.0280. The number of hydrogen-bond donors (Lipinski definition) is 1. The van der Waals surface area contributed by atoms with Crippen molar-refractivity contribution in [3.05, 3.63) is 59.4 Å². The lowest BCUT2D eigenvalue weighted by Crippen LogP contribution is -2.50. The van der Waals surface area contributed by atoms with Gasteiger partial charge in [-0.3, -0.25) is 0 Å². The van der Waals surface area contributed by atoms with E-state index in [4.69, 9.17) is 11.6 Å². The maximum Gasteiger partial charge on any atom is 0.321 e. The molecule has 1 fully saturated rings. The van der Waals surface area contributed by atoms with E-state index in [-0.39, 0.29) is 11.1 Å². The Kier molecular flexibility index (Phi) is 5.30. The van der Waals surface area contributed by atoms with Crippen LogP contribution in [0.2, 0.25) is 5.02 Å². The molecule has 10 heteroatoms. The van der Waals surface area contributed by atoms with Gasteiger partial charge in [0.2, 0.25) is 0 Å². The van der Waals surface area contributed by atoms with E-state index in [9.17, 15) is 9.18 Å². The fraction of sp³-hybridized carbons (Fsp3) is 0.263. The van der Waals surface area contributed by atoms with Gasteiger partial charge in [0.1, 0.15) is 17.5 Å². The molecule has 1 aliphatic rings. The molecule has 8 nitrogen and oxygen atoms in total. The first kappa shape index (κ1) is 19.1. The van der Waals surface area contributed by atoms with Crippen LogP contribution in [0.25, 0.3) is 5.82 Å². The molecule has 0 bridgehead atoms. The SMILES string of the molecule is Cc1nc(N2CCN(C(=O)Nc3ccc(F)c(Cl)c3)CC2)cc(-n2cccn2)n1. The third-order valence-corrected chi connectivity index (χ3v) is 4.90. The number of urea groups is 1. The highest BCUT2D eigenvalue weighted by atomic mass is 35.5. The first-order chi connectivity index (χ1) is 14.0. The first-order valence-electron chi connectivity index (χ1n) is 9.11. The van der Waals surface area contributed by atoms with E-state index in [0.717, 1.165) is 5.82 Å². The van der Waals surface area contributed by atoms with Crippen molar-refractivity contribution in [1.82, 2.24) is 24.6 Å². The Morgan fingerprint density at radius 3 is 2.59 bits per heavy atom. The van der Waals surface area contributed by atoms with Gasteiger partial charge < -0.3 is 15.1 Å². The number of piperazine rings is 1. The summed E-state index contributed by atoms with van der Waals surface area (Å²) in [5, 5.41) is 6.94. The summed E-state index contributed by atoms with van der Waals surface area (Å²) in [6.07, 6.45) is 3.53. The number of amides is 2. The Morgan fingerprint density at radius 1 is 1.14 bits per heavy atom. The average molecular weight is 416 g/mol. The number of hydrogen-bond acceptors (Lipinski definition) is 5. The van der Waals surface area contributed by atoms with Crippen molar-refractivity contribution in [2.24, 2.45) is 0 Å². The van der Waals surface area contributed by atoms with Crippen molar-refractivity contribution in [2.45, 2.75) is 6.92 Å². The van der Waals surface area contributed by atoms with Crippen molar-refractivity contribution >= 4 is 29.1 Å². The zero-order valence-electron chi connectivity index (χ0n) is 15.7. The van der Waals surface area contributed by atoms with Crippen molar-refractivity contribution in [2.75, 3.05) is 36.4 Å². The van der Waals surface area contributed by atoms with Crippen LogP contribution in [-0.4, -0.2) is 56.9 Å². The lowest BCUT2D eigenvalue weighted by Gasteiger charge is -2.35. The summed E-state index contributed by atoms with van der Waals surface area (Å²) < 4.78 is 15.0. The molecule has 0 saturated carbocycles. The molecule has 150 valence electrons. The van der Waals surface area contributed by atoms with Crippen molar-refractivity contribution in [3.63, 3.8) is 0 Å². The number of benzene rings is 1. The Hall–Kier alpha value is -3.20. The number of rotatable bonds is 3. The number of aryl methyl sites for hydroxylation is 1. The highest BCUT2D eigenvalue weighted by molar-refractivity contribution is 6.31. The first-order valence-corrected chi connectivity index (χ1v) is 9.49. The standard InChI is InChI=1S/C19H19ClFN7O/c1-13-23-17(12-18(24-13)28-6-2-5-22-28)26-7-9-27(10-8-26)19(29)25-14-3-4-16(21)15(20)11-14/h2-6,11-12H,7-10H2,1H3,(H,25,29). The van der Waals surface area contributed by atoms with Crippen molar-refractivity contribution < 1.29 is 9.18 Å². The summed E-state index contributed by atoms with van der Waals surface area (Å²) in [7, 11) is 0. The van der Waals surface area contributed by atoms with Gasteiger partial charge in [-0.2, -0.15) is 5.10 Å². The van der Waals surface area contributed by atoms with E-state index >= 15 is 0 Å². The van der Waals surface area contributed by atoms with Gasteiger partial charge in [-0.1, -0.05) is 11.6 Å². The molecular weight excluding hydrogens is 397 g/mol. The number of carbonyl (C=O) groups is 1. The Balaban J connectivity index is 1.40. The molecule has 1 N–H and O–H groups in total. The molecule has 29 heavy (non-hydrogen) atoms. The van der Waals surface area contributed by atoms with Gasteiger partial charge >= 0.3 is 6.03 Å². The van der Waals surface area contributed by atoms with Gasteiger partial charge in [0, 0.05) is 50.3 Å². The van der Waals surface area contributed by atoms with Crippen LogP contribution in [0.5, 0.6) is 0 Å². The quantitative estimate of drug-likeness (QED) is 0.711. The van der Waals surface area contributed by atoms with Gasteiger partial charge in [-0.05, 0) is 31.2 Å². The maximum atomic E-state index is 13.3. The van der Waals surface area contributed by atoms with Crippen molar-refractivity contribution in [1.29, 1.82) is 0 Å². The number of carbonyl (C=O) groups excluding carboxylic acids is 1. The third-order valence-electron chi connectivity index (χ3n) is 4.61. The molecule has 4 rings (SSSR count). The average Bonchev–Trinajstić information content (AvgIpc) is 3.25. The van der Waals surface area contributed by atoms with Crippen LogP contribution in [-0.2, 0) is 0 Å². The van der Waals surface area contributed by atoms with E-state index in [1.807, 2.05) is 25.3 Å². The molecule has 1 saturated heterocycles. The van der Waals surface area contributed by atoms with E-state index in [0.29, 0.717) is 43.5 Å². The van der Waals surface area contributed by atoms with Crippen LogP contribution < -0.4 is 10.2 Å². The monoisotopic (exact) mass is 415 g/mol. The highest BCUT2D eigenvalue weighted by Gasteiger charge is 2.23. The Bertz CT molecular complexity index is 1020. The van der Waals surface area contributed by atoms with E-state index < -0.39 is 5.82 Å². The van der Waals surface area contributed by atoms with E-state index in [2.05, 4.69) is 25.3 Å². The summed E-state index contributed by atoms with van der Waals surface area (Å²) in [6, 6.07) is 7.58. The topological polar surface area (TPSA) is 79.2 Å². The molecule has 1 aromatic carbocycles. The molecule has 0 unspecified atom stereocenters. The van der Waals surface area contributed by atoms with Gasteiger partial charge in [-0.15, -0.1) is 0 Å². The van der Waals surface area contributed by atoms with Gasteiger partial charge in [0.25, 0.3) is 0 Å². The molecule has 3 aromatic rings. The van der Waals surface area contributed by atoms with Crippen LogP contribution in [0, 0.1) is 12.7 Å². The maximum absolute atomic E-state index is 13.3. The van der Waals surface area contributed by atoms with Crippen LogP contribution in [0.1, 0.15) is 5.82 Å². The summed E-state index contributed by atoms with van der Waals surface area (Å²) in [6.45, 7) is 4.16. The predicted octanol–water partition coefficient (Wildman–Crippen LogP) is 3.12. The molecule has 1 aliphatic heterocycles. The lowest BCUT2D eigenvalue weighted by molar-refractivity contribution is 0.208. The van der Waals surface area contributed by atoms with Crippen LogP contribution >= 0.6 is 11.6 Å². The second-order valence-corrected chi connectivity index (χ2v) is 7.02. The number of nitrogens with one attached hydrogen (secondary N) is 1. The molecule has 2 aromatic heterocycles. The molecule has 2 amide bonds. The summed E-state index contributed by atoms with van der Waals surface area (Å²) in [5.74, 6) is 1.63. The fourth-order valence-electron chi connectivity index (χ4n) is 3.14. The van der Waals surface area contributed by atoms with Crippen LogP contribution in [0.15, 0.2) is 42.7 Å². The highest BCUT2D eigenvalue weighted by Crippen LogP contribution is 2.21. The summed E-state index contributed by atoms with van der Waals surface area (Å²) in [5.41, 5.74) is 0.458. The molecule has 0 atom stereocenters. The fourth-order valence-corrected chi connectivity index (χ4v) is 3.32. The van der Waals surface area contributed by atoms with E-state index in [1.54, 1.807) is 15.8 Å². The smallest absolute Gasteiger partial charge is 0.321 e. The molecule has 0 spiro atoms. The number of halogens is 2. The van der Waals surface area contributed by atoms with E-state index in [1.165, 1.54) is 18.2 Å². The molecule has 0 aliphatic carbocycles. The molecule has 3 heterocycles.